The Morgan fingerprint density at radius 3 is 3.13 bits per heavy atom. The van der Waals surface area contributed by atoms with Crippen LogP contribution < -0.4 is 10.6 Å². The molecule has 72 valence electrons. The lowest BCUT2D eigenvalue weighted by Crippen LogP contribution is -2.19. The molecule has 0 radical (unpaired) electrons. The van der Waals surface area contributed by atoms with Crippen LogP contribution in [0.5, 0.6) is 0 Å². The van der Waals surface area contributed by atoms with Gasteiger partial charge in [0.05, 0.1) is 23.8 Å². The zero-order valence-electron chi connectivity index (χ0n) is 7.97. The van der Waals surface area contributed by atoms with Gasteiger partial charge in [-0.25, -0.2) is 0 Å². The summed E-state index contributed by atoms with van der Waals surface area (Å²) in [4.78, 5) is 19.6. The number of nitrogens with zero attached hydrogens (tertiary/aromatic N) is 2. The first kappa shape index (κ1) is 8.29. The molecule has 0 saturated heterocycles. The Bertz CT molecular complexity index is 624. The molecule has 0 aromatic heterocycles. The molecule has 3 nitrogen and oxygen atoms in total. The maximum Gasteiger partial charge on any atom is 0.197 e. The topological polar surface area (TPSA) is 41.8 Å². The van der Waals surface area contributed by atoms with Crippen molar-refractivity contribution in [2.24, 2.45) is 9.98 Å². The molecule has 1 aromatic rings. The van der Waals surface area contributed by atoms with Gasteiger partial charge in [-0.1, -0.05) is 12.2 Å². The fourth-order valence-corrected chi connectivity index (χ4v) is 1.76. The second kappa shape index (κ2) is 2.98. The molecule has 2 heterocycles. The Morgan fingerprint density at radius 1 is 1.27 bits per heavy atom. The highest BCUT2D eigenvalue weighted by Crippen LogP contribution is 2.07. The quantitative estimate of drug-likeness (QED) is 0.592. The zero-order chi connectivity index (χ0) is 10.3. The molecule has 0 amide bonds. The van der Waals surface area contributed by atoms with Gasteiger partial charge >= 0.3 is 0 Å². The average Bonchev–Trinajstić information content (AvgIpc) is 2.26. The minimum absolute atomic E-state index is 0.0563. The molecule has 3 rings (SSSR count). The monoisotopic (exact) mass is 196 g/mol. The molecule has 0 saturated carbocycles. The van der Waals surface area contributed by atoms with Gasteiger partial charge in [-0.3, -0.25) is 14.8 Å². The van der Waals surface area contributed by atoms with Gasteiger partial charge in [-0.05, 0) is 18.2 Å². The van der Waals surface area contributed by atoms with Gasteiger partial charge in [0, 0.05) is 10.8 Å². The number of benzene rings is 1. The number of carbonyl (C=O) groups is 1. The van der Waals surface area contributed by atoms with Gasteiger partial charge in [0.15, 0.2) is 5.78 Å². The van der Waals surface area contributed by atoms with Gasteiger partial charge in [-0.2, -0.15) is 0 Å². The first-order valence-electron chi connectivity index (χ1n) is 4.78. The van der Waals surface area contributed by atoms with Crippen molar-refractivity contribution in [2.45, 2.75) is 0 Å². The molecule has 3 heteroatoms. The van der Waals surface area contributed by atoms with Gasteiger partial charge in [0.2, 0.25) is 0 Å². The number of Topliss-reactive ketones (excluding diaryl/α,β-unsaturated/α-hetero) is 1. The van der Waals surface area contributed by atoms with Crippen LogP contribution in [-0.4, -0.2) is 18.5 Å². The highest BCUT2D eigenvalue weighted by molar-refractivity contribution is 6.42. The predicted molar refractivity (Wildman–Crippen MR) is 58.7 cm³/mol. The molecule has 0 unspecified atom stereocenters. The van der Waals surface area contributed by atoms with Crippen LogP contribution in [0.4, 0.5) is 5.69 Å². The van der Waals surface area contributed by atoms with Crippen molar-refractivity contribution in [1.82, 2.24) is 0 Å². The fraction of sp³-hybridized carbons (Fsp3) is 0.0833. The van der Waals surface area contributed by atoms with Crippen molar-refractivity contribution in [3.63, 3.8) is 0 Å². The van der Waals surface area contributed by atoms with Gasteiger partial charge < -0.3 is 0 Å². The van der Waals surface area contributed by atoms with Crippen molar-refractivity contribution in [3.8, 4) is 0 Å². The standard InChI is InChI=1S/C12H8N2O/c15-10-5-9-4-8-2-1-3-13-11(8)6-12(9)14-7-10/h1-2,4-7H,3H2. The summed E-state index contributed by atoms with van der Waals surface area (Å²) in [5, 5.41) is 1.83. The summed E-state index contributed by atoms with van der Waals surface area (Å²) < 4.78 is 0. The lowest BCUT2D eigenvalue weighted by Gasteiger charge is -2.05. The van der Waals surface area contributed by atoms with E-state index in [-0.39, 0.29) is 5.78 Å². The van der Waals surface area contributed by atoms with E-state index in [2.05, 4.69) is 9.98 Å². The van der Waals surface area contributed by atoms with E-state index in [1.165, 1.54) is 6.21 Å². The fourth-order valence-electron chi connectivity index (χ4n) is 1.76. The van der Waals surface area contributed by atoms with E-state index in [1.807, 2.05) is 24.3 Å². The number of rotatable bonds is 0. The van der Waals surface area contributed by atoms with Crippen LogP contribution in [0.25, 0.3) is 12.2 Å². The number of hydrogen-bond donors (Lipinski definition) is 0. The first-order valence-corrected chi connectivity index (χ1v) is 4.78. The Morgan fingerprint density at radius 2 is 2.20 bits per heavy atom. The Labute approximate surface area is 86.2 Å². The normalized spacial score (nSPS) is 16.4. The maximum atomic E-state index is 11.1. The predicted octanol–water partition coefficient (Wildman–Crippen LogP) is 0.399. The van der Waals surface area contributed by atoms with Crippen LogP contribution in [0.1, 0.15) is 5.56 Å². The smallest absolute Gasteiger partial charge is 0.197 e. The highest BCUT2D eigenvalue weighted by Gasteiger charge is 2.06. The summed E-state index contributed by atoms with van der Waals surface area (Å²) in [6.45, 7) is 0.720. The third-order valence-corrected chi connectivity index (χ3v) is 2.47. The average molecular weight is 196 g/mol. The molecule has 0 bridgehead atoms. The molecule has 2 aliphatic rings. The third-order valence-electron chi connectivity index (χ3n) is 2.47. The molecule has 1 aromatic carbocycles. The SMILES string of the molecule is O=C1C=Nc2cc3c(cc2=C1)C=CCN=3. The first-order chi connectivity index (χ1) is 7.33. The van der Waals surface area contributed by atoms with E-state index in [9.17, 15) is 4.79 Å². The lowest BCUT2D eigenvalue weighted by atomic mass is 10.1. The van der Waals surface area contributed by atoms with E-state index in [1.54, 1.807) is 6.08 Å². The third kappa shape index (κ3) is 1.32. The van der Waals surface area contributed by atoms with E-state index >= 15 is 0 Å². The van der Waals surface area contributed by atoms with Crippen LogP contribution >= 0.6 is 0 Å². The van der Waals surface area contributed by atoms with Crippen molar-refractivity contribution in [1.29, 1.82) is 0 Å². The molecule has 0 spiro atoms. The summed E-state index contributed by atoms with van der Waals surface area (Å²) in [5.74, 6) is -0.0563. The van der Waals surface area contributed by atoms with Gasteiger partial charge in [0.1, 0.15) is 0 Å². The van der Waals surface area contributed by atoms with E-state index in [0.29, 0.717) is 0 Å². The summed E-state index contributed by atoms with van der Waals surface area (Å²) in [6, 6.07) is 3.88. The minimum atomic E-state index is -0.0563. The number of carbonyl (C=O) groups excluding carboxylic acids is 1. The van der Waals surface area contributed by atoms with Crippen LogP contribution in [-0.2, 0) is 4.79 Å². The number of fused-ring (bicyclic) bond motifs is 2. The van der Waals surface area contributed by atoms with Crippen LogP contribution in [0, 0.1) is 0 Å². The Hall–Kier alpha value is -2.03. The van der Waals surface area contributed by atoms with Crippen molar-refractivity contribution in [3.05, 3.63) is 34.3 Å². The highest BCUT2D eigenvalue weighted by atomic mass is 16.1. The molecule has 2 aliphatic heterocycles. The second-order valence-corrected chi connectivity index (χ2v) is 3.52. The van der Waals surface area contributed by atoms with E-state index in [4.69, 9.17) is 0 Å². The molecule has 0 fully saturated rings. The van der Waals surface area contributed by atoms with E-state index in [0.717, 1.165) is 28.4 Å². The van der Waals surface area contributed by atoms with Crippen LogP contribution in [0.2, 0.25) is 0 Å². The van der Waals surface area contributed by atoms with Crippen molar-refractivity contribution < 1.29 is 4.79 Å². The molecule has 0 N–H and O–H groups in total. The largest absolute Gasteiger partial charge is 0.288 e. The van der Waals surface area contributed by atoms with Crippen LogP contribution in [0.3, 0.4) is 0 Å². The van der Waals surface area contributed by atoms with Gasteiger partial charge in [-0.15, -0.1) is 0 Å². The minimum Gasteiger partial charge on any atom is -0.288 e. The summed E-state index contributed by atoms with van der Waals surface area (Å²) in [6.07, 6.45) is 6.97. The van der Waals surface area contributed by atoms with E-state index < -0.39 is 0 Å². The Kier molecular flexibility index (Phi) is 1.65. The number of ketones is 1. The zero-order valence-corrected chi connectivity index (χ0v) is 7.97. The number of hydrogen-bond acceptors (Lipinski definition) is 3. The van der Waals surface area contributed by atoms with Crippen LogP contribution in [0.15, 0.2) is 28.2 Å². The summed E-state index contributed by atoms with van der Waals surface area (Å²) in [5.41, 5.74) is 1.88. The molecule has 0 aliphatic carbocycles. The maximum absolute atomic E-state index is 11.1. The molecular weight excluding hydrogens is 188 g/mol. The lowest BCUT2D eigenvalue weighted by molar-refractivity contribution is -0.107. The molecule has 0 atom stereocenters. The molecule has 15 heavy (non-hydrogen) atoms. The number of aliphatic imine (C=N–C) groups is 1. The summed E-state index contributed by atoms with van der Waals surface area (Å²) >= 11 is 0. The molecular formula is C12H8N2O. The van der Waals surface area contributed by atoms with Crippen molar-refractivity contribution >= 4 is 29.8 Å². The summed E-state index contributed by atoms with van der Waals surface area (Å²) in [7, 11) is 0. The Balaban J connectivity index is 2.38. The van der Waals surface area contributed by atoms with Crippen molar-refractivity contribution in [2.75, 3.05) is 6.54 Å². The van der Waals surface area contributed by atoms with Gasteiger partial charge in [0.25, 0.3) is 0 Å². The second-order valence-electron chi connectivity index (χ2n) is 3.52.